The molecule has 0 saturated carbocycles. The van der Waals surface area contributed by atoms with Gasteiger partial charge in [-0.2, -0.15) is 5.10 Å². The van der Waals surface area contributed by atoms with Crippen LogP contribution in [0.2, 0.25) is 5.02 Å². The van der Waals surface area contributed by atoms with E-state index in [1.807, 2.05) is 10.9 Å². The van der Waals surface area contributed by atoms with Crippen LogP contribution in [0.5, 0.6) is 0 Å². The minimum Gasteiger partial charge on any atom is -0.387 e. The van der Waals surface area contributed by atoms with Crippen molar-refractivity contribution in [2.24, 2.45) is 0 Å². The number of hydrogen-bond donors (Lipinski definition) is 3. The summed E-state index contributed by atoms with van der Waals surface area (Å²) in [6.45, 7) is 4.08. The van der Waals surface area contributed by atoms with Gasteiger partial charge < -0.3 is 15.7 Å². The Morgan fingerprint density at radius 2 is 2.50 bits per heavy atom. The summed E-state index contributed by atoms with van der Waals surface area (Å²) in [4.78, 5) is 0. The number of piperidine rings is 1. The van der Waals surface area contributed by atoms with E-state index >= 15 is 0 Å². The lowest BCUT2D eigenvalue weighted by molar-refractivity contribution is 0.0172. The predicted molar refractivity (Wildman–Crippen MR) is 71.8 cm³/mol. The first-order valence-electron chi connectivity index (χ1n) is 6.50. The molecule has 1 saturated heterocycles. The second kappa shape index (κ2) is 6.52. The SMILES string of the molecule is O[C@]1(CNCCCn2cc(Cl)cn2)CCCNC1. The highest BCUT2D eigenvalue weighted by atomic mass is 35.5. The molecule has 2 rings (SSSR count). The Labute approximate surface area is 113 Å². The lowest BCUT2D eigenvalue weighted by Gasteiger charge is -2.32. The number of aliphatic hydroxyl groups is 1. The van der Waals surface area contributed by atoms with E-state index in [2.05, 4.69) is 15.7 Å². The van der Waals surface area contributed by atoms with Gasteiger partial charge in [0.1, 0.15) is 0 Å². The van der Waals surface area contributed by atoms with Crippen molar-refractivity contribution in [1.29, 1.82) is 0 Å². The summed E-state index contributed by atoms with van der Waals surface area (Å²) in [5, 5.41) is 21.6. The quantitative estimate of drug-likeness (QED) is 0.665. The highest BCUT2D eigenvalue weighted by Gasteiger charge is 2.28. The van der Waals surface area contributed by atoms with Gasteiger partial charge in [-0.3, -0.25) is 4.68 Å². The molecule has 1 atom stereocenters. The summed E-state index contributed by atoms with van der Waals surface area (Å²) in [5.41, 5.74) is -0.576. The van der Waals surface area contributed by atoms with Gasteiger partial charge in [0.05, 0.1) is 16.8 Å². The van der Waals surface area contributed by atoms with Crippen LogP contribution < -0.4 is 10.6 Å². The van der Waals surface area contributed by atoms with Crippen LogP contribution in [0.25, 0.3) is 0 Å². The van der Waals surface area contributed by atoms with Gasteiger partial charge in [0, 0.05) is 25.8 Å². The molecule has 1 aliphatic heterocycles. The minimum atomic E-state index is -0.576. The molecule has 0 amide bonds. The molecule has 3 N–H and O–H groups in total. The Hall–Kier alpha value is -0.620. The molecule has 0 aromatic carbocycles. The van der Waals surface area contributed by atoms with Crippen molar-refractivity contribution in [1.82, 2.24) is 20.4 Å². The van der Waals surface area contributed by atoms with Crippen molar-refractivity contribution in [3.63, 3.8) is 0 Å². The first kappa shape index (κ1) is 13.8. The molecule has 5 nitrogen and oxygen atoms in total. The Kier molecular flexibility index (Phi) is 5.00. The van der Waals surface area contributed by atoms with Crippen LogP contribution in [0.3, 0.4) is 0 Å². The fourth-order valence-corrected chi connectivity index (χ4v) is 2.41. The highest BCUT2D eigenvalue weighted by Crippen LogP contribution is 2.14. The third kappa shape index (κ3) is 4.24. The first-order chi connectivity index (χ1) is 8.68. The zero-order valence-electron chi connectivity index (χ0n) is 10.5. The molecule has 0 radical (unpaired) electrons. The molecule has 1 aromatic rings. The molecular weight excluding hydrogens is 252 g/mol. The molecule has 1 aromatic heterocycles. The molecule has 1 fully saturated rings. The first-order valence-corrected chi connectivity index (χ1v) is 6.88. The summed E-state index contributed by atoms with van der Waals surface area (Å²) in [6, 6.07) is 0. The van der Waals surface area contributed by atoms with E-state index in [0.717, 1.165) is 38.9 Å². The van der Waals surface area contributed by atoms with E-state index in [1.54, 1.807) is 6.20 Å². The topological polar surface area (TPSA) is 62.1 Å². The maximum atomic E-state index is 10.2. The number of rotatable bonds is 6. The minimum absolute atomic E-state index is 0.576. The van der Waals surface area contributed by atoms with Gasteiger partial charge >= 0.3 is 0 Å². The summed E-state index contributed by atoms with van der Waals surface area (Å²) in [6.07, 6.45) is 6.36. The molecule has 2 heterocycles. The number of hydrogen-bond acceptors (Lipinski definition) is 4. The Balaban J connectivity index is 1.58. The van der Waals surface area contributed by atoms with Crippen molar-refractivity contribution >= 4 is 11.6 Å². The zero-order valence-corrected chi connectivity index (χ0v) is 11.3. The number of aryl methyl sites for hydroxylation is 1. The molecule has 0 unspecified atom stereocenters. The summed E-state index contributed by atoms with van der Waals surface area (Å²) in [7, 11) is 0. The summed E-state index contributed by atoms with van der Waals surface area (Å²) in [5.74, 6) is 0. The normalized spacial score (nSPS) is 24.3. The Morgan fingerprint density at radius 1 is 1.61 bits per heavy atom. The Morgan fingerprint density at radius 3 is 3.17 bits per heavy atom. The molecular formula is C12H21ClN4O. The van der Waals surface area contributed by atoms with Crippen LogP contribution in [0.15, 0.2) is 12.4 Å². The molecule has 6 heteroatoms. The largest absolute Gasteiger partial charge is 0.387 e. The van der Waals surface area contributed by atoms with Gasteiger partial charge in [0.25, 0.3) is 0 Å². The molecule has 0 spiro atoms. The standard InChI is InChI=1S/C12H21ClN4O/c13-11-7-16-17(8-11)6-2-5-15-10-12(18)3-1-4-14-9-12/h7-8,14-15,18H,1-6,9-10H2/t12-/m1/s1. The second-order valence-corrected chi connectivity index (χ2v) is 5.39. The fourth-order valence-electron chi connectivity index (χ4n) is 2.25. The van der Waals surface area contributed by atoms with Crippen molar-refractivity contribution < 1.29 is 5.11 Å². The number of aromatic nitrogens is 2. The number of β-amino-alcohol motifs (C(OH)–C–C–N with tert-alkyl or cyclic N) is 1. The van der Waals surface area contributed by atoms with Crippen LogP contribution in [0.4, 0.5) is 0 Å². The third-order valence-corrected chi connectivity index (χ3v) is 3.44. The summed E-state index contributed by atoms with van der Waals surface area (Å²) < 4.78 is 1.83. The van der Waals surface area contributed by atoms with Gasteiger partial charge in [-0.25, -0.2) is 0 Å². The molecule has 0 aliphatic carbocycles. The van der Waals surface area contributed by atoms with E-state index in [0.29, 0.717) is 18.1 Å². The van der Waals surface area contributed by atoms with Gasteiger partial charge in [0.2, 0.25) is 0 Å². The lowest BCUT2D eigenvalue weighted by Crippen LogP contribution is -2.52. The van der Waals surface area contributed by atoms with E-state index in [1.165, 1.54) is 0 Å². The maximum Gasteiger partial charge on any atom is 0.0895 e. The van der Waals surface area contributed by atoms with E-state index < -0.39 is 5.60 Å². The number of nitrogens with one attached hydrogen (secondary N) is 2. The summed E-state index contributed by atoms with van der Waals surface area (Å²) >= 11 is 5.78. The fraction of sp³-hybridized carbons (Fsp3) is 0.750. The monoisotopic (exact) mass is 272 g/mol. The van der Waals surface area contributed by atoms with Crippen LogP contribution in [0.1, 0.15) is 19.3 Å². The van der Waals surface area contributed by atoms with Crippen LogP contribution in [0, 0.1) is 0 Å². The zero-order chi connectivity index (χ0) is 12.8. The van der Waals surface area contributed by atoms with Gasteiger partial charge in [-0.1, -0.05) is 11.6 Å². The van der Waals surface area contributed by atoms with Crippen LogP contribution in [-0.4, -0.2) is 46.7 Å². The van der Waals surface area contributed by atoms with E-state index in [9.17, 15) is 5.11 Å². The molecule has 1 aliphatic rings. The smallest absolute Gasteiger partial charge is 0.0895 e. The second-order valence-electron chi connectivity index (χ2n) is 4.96. The van der Waals surface area contributed by atoms with Crippen molar-refractivity contribution in [3.8, 4) is 0 Å². The highest BCUT2D eigenvalue weighted by molar-refractivity contribution is 6.30. The van der Waals surface area contributed by atoms with E-state index in [4.69, 9.17) is 11.6 Å². The lowest BCUT2D eigenvalue weighted by atomic mass is 9.94. The van der Waals surface area contributed by atoms with E-state index in [-0.39, 0.29) is 0 Å². The molecule has 0 bridgehead atoms. The van der Waals surface area contributed by atoms with Crippen molar-refractivity contribution in [2.75, 3.05) is 26.2 Å². The molecule has 18 heavy (non-hydrogen) atoms. The van der Waals surface area contributed by atoms with Gasteiger partial charge in [0.15, 0.2) is 0 Å². The van der Waals surface area contributed by atoms with Crippen molar-refractivity contribution in [3.05, 3.63) is 17.4 Å². The van der Waals surface area contributed by atoms with Gasteiger partial charge in [-0.05, 0) is 32.4 Å². The van der Waals surface area contributed by atoms with Crippen LogP contribution in [-0.2, 0) is 6.54 Å². The Bertz CT molecular complexity index is 363. The predicted octanol–water partition coefficient (Wildman–Crippen LogP) is 0.631. The number of halogens is 1. The molecule has 102 valence electrons. The average molecular weight is 273 g/mol. The number of nitrogens with zero attached hydrogens (tertiary/aromatic N) is 2. The average Bonchev–Trinajstić information content (AvgIpc) is 2.75. The van der Waals surface area contributed by atoms with Crippen molar-refractivity contribution in [2.45, 2.75) is 31.4 Å². The maximum absolute atomic E-state index is 10.2. The van der Waals surface area contributed by atoms with Gasteiger partial charge in [-0.15, -0.1) is 0 Å². The third-order valence-electron chi connectivity index (χ3n) is 3.25. The van der Waals surface area contributed by atoms with Crippen LogP contribution >= 0.6 is 11.6 Å².